The first kappa shape index (κ1) is 19.0. The van der Waals surface area contributed by atoms with E-state index in [4.69, 9.17) is 15.0 Å². The second-order valence-corrected chi connectivity index (χ2v) is 6.32. The highest BCUT2D eigenvalue weighted by atomic mass is 19.1. The first-order valence-electron chi connectivity index (χ1n) is 7.54. The van der Waals surface area contributed by atoms with Gasteiger partial charge in [-0.2, -0.15) is 0 Å². The summed E-state index contributed by atoms with van der Waals surface area (Å²) in [6.07, 6.45) is -2.00. The minimum absolute atomic E-state index is 0.0552. The van der Waals surface area contributed by atoms with Crippen LogP contribution in [0.2, 0.25) is 0 Å². The molecule has 1 saturated carbocycles. The zero-order valence-electron chi connectivity index (χ0n) is 13.8. The van der Waals surface area contributed by atoms with E-state index >= 15 is 0 Å². The van der Waals surface area contributed by atoms with Crippen LogP contribution in [-0.2, 0) is 14.3 Å². The Kier molecular flexibility index (Phi) is 6.62. The molecule has 130 valence electrons. The van der Waals surface area contributed by atoms with Crippen molar-refractivity contribution in [3.05, 3.63) is 10.4 Å². The lowest BCUT2D eigenvalue weighted by atomic mass is 9.80. The van der Waals surface area contributed by atoms with Gasteiger partial charge in [-0.05, 0) is 46.1 Å². The number of rotatable bonds is 4. The van der Waals surface area contributed by atoms with Gasteiger partial charge in [0.1, 0.15) is 11.8 Å². The summed E-state index contributed by atoms with van der Waals surface area (Å²) in [6.45, 7) is 6.86. The highest BCUT2D eigenvalue weighted by molar-refractivity contribution is 5.76. The monoisotopic (exact) mass is 330 g/mol. The van der Waals surface area contributed by atoms with Gasteiger partial charge in [0.2, 0.25) is 0 Å². The Morgan fingerprint density at radius 2 is 2.04 bits per heavy atom. The van der Waals surface area contributed by atoms with E-state index in [9.17, 15) is 14.0 Å². The number of alkyl carbamates (subject to hydrolysis) is 1. The normalized spacial score (nSPS) is 27.5. The number of alkyl halides is 1. The van der Waals surface area contributed by atoms with Gasteiger partial charge >= 0.3 is 12.1 Å². The fourth-order valence-corrected chi connectivity index (χ4v) is 2.50. The van der Waals surface area contributed by atoms with Crippen LogP contribution in [-0.4, -0.2) is 42.5 Å². The summed E-state index contributed by atoms with van der Waals surface area (Å²) in [5.41, 5.74) is 7.89. The largest absolute Gasteiger partial charge is 0.466 e. The second kappa shape index (κ2) is 8.01. The Labute approximate surface area is 134 Å². The molecule has 9 heteroatoms. The number of esters is 1. The van der Waals surface area contributed by atoms with E-state index in [1.807, 2.05) is 0 Å². The third-order valence-electron chi connectivity index (χ3n) is 3.38. The number of ether oxygens (including phenoxy) is 2. The molecule has 0 aromatic rings. The van der Waals surface area contributed by atoms with E-state index < -0.39 is 41.8 Å². The molecule has 0 aromatic carbocycles. The summed E-state index contributed by atoms with van der Waals surface area (Å²) >= 11 is 0. The molecular formula is C14H23FN4O4. The van der Waals surface area contributed by atoms with Crippen LogP contribution < -0.4 is 5.32 Å². The van der Waals surface area contributed by atoms with Crippen LogP contribution in [0.3, 0.4) is 0 Å². The number of hydrogen-bond donors (Lipinski definition) is 1. The highest BCUT2D eigenvalue weighted by Gasteiger charge is 2.44. The Bertz CT molecular complexity index is 488. The molecular weight excluding hydrogens is 307 g/mol. The number of halogens is 1. The standard InChI is InChI=1S/C14H23FN4O4/c1-5-22-12(20)8-6-7-9(15)11(18-19-16)10(8)17-13(21)23-14(2,3)4/h8-11H,5-7H2,1-4H3,(H,17,21)/t8-,9-,10-,11-/m1/s1. The minimum atomic E-state index is -1.45. The van der Waals surface area contributed by atoms with Crippen LogP contribution in [0.5, 0.6) is 0 Å². The van der Waals surface area contributed by atoms with Crippen molar-refractivity contribution in [1.82, 2.24) is 5.32 Å². The summed E-state index contributed by atoms with van der Waals surface area (Å²) in [4.78, 5) is 26.6. The van der Waals surface area contributed by atoms with Gasteiger partial charge in [-0.25, -0.2) is 9.18 Å². The van der Waals surface area contributed by atoms with Gasteiger partial charge in [0, 0.05) is 4.91 Å². The molecule has 1 fully saturated rings. The Balaban J connectivity index is 2.99. The average Bonchev–Trinajstić information content (AvgIpc) is 2.41. The Morgan fingerprint density at radius 1 is 1.39 bits per heavy atom. The number of carbonyl (C=O) groups excluding carboxylic acids is 2. The number of hydrogen-bond acceptors (Lipinski definition) is 5. The average molecular weight is 330 g/mol. The van der Waals surface area contributed by atoms with E-state index in [-0.39, 0.29) is 19.4 Å². The fraction of sp³-hybridized carbons (Fsp3) is 0.857. The molecule has 0 unspecified atom stereocenters. The fourth-order valence-electron chi connectivity index (χ4n) is 2.50. The lowest BCUT2D eigenvalue weighted by molar-refractivity contribution is -0.150. The van der Waals surface area contributed by atoms with Crippen molar-refractivity contribution < 1.29 is 23.5 Å². The molecule has 1 amide bonds. The van der Waals surface area contributed by atoms with Crippen molar-refractivity contribution in [2.45, 2.75) is 64.4 Å². The molecule has 8 nitrogen and oxygen atoms in total. The van der Waals surface area contributed by atoms with Gasteiger partial charge in [0.25, 0.3) is 0 Å². The van der Waals surface area contributed by atoms with Crippen LogP contribution in [0.1, 0.15) is 40.5 Å². The zero-order chi connectivity index (χ0) is 17.6. The predicted molar refractivity (Wildman–Crippen MR) is 80.3 cm³/mol. The summed E-state index contributed by atoms with van der Waals surface area (Å²) in [5.74, 6) is -1.34. The maximum absolute atomic E-state index is 14.1. The molecule has 1 aliphatic carbocycles. The van der Waals surface area contributed by atoms with Gasteiger partial charge in [0.15, 0.2) is 0 Å². The zero-order valence-corrected chi connectivity index (χ0v) is 13.8. The van der Waals surface area contributed by atoms with Crippen LogP contribution in [0, 0.1) is 5.92 Å². The SMILES string of the molecule is CCOC(=O)[C@@H]1CC[C@@H](F)[C@@H](N=[N+]=[N-])[C@@H]1NC(=O)OC(C)(C)C. The van der Waals surface area contributed by atoms with Gasteiger partial charge in [-0.3, -0.25) is 4.79 Å². The van der Waals surface area contributed by atoms with Gasteiger partial charge < -0.3 is 14.8 Å². The minimum Gasteiger partial charge on any atom is -0.466 e. The Hall–Kier alpha value is -2.02. The molecule has 1 aliphatic rings. The highest BCUT2D eigenvalue weighted by Crippen LogP contribution is 2.31. The number of azide groups is 1. The van der Waals surface area contributed by atoms with Crippen LogP contribution in [0.4, 0.5) is 9.18 Å². The van der Waals surface area contributed by atoms with Crippen molar-refractivity contribution >= 4 is 12.1 Å². The maximum atomic E-state index is 14.1. The summed E-state index contributed by atoms with van der Waals surface area (Å²) in [5, 5.41) is 5.88. The smallest absolute Gasteiger partial charge is 0.407 e. The number of nitrogens with one attached hydrogen (secondary N) is 1. The lowest BCUT2D eigenvalue weighted by Gasteiger charge is -2.37. The summed E-state index contributed by atoms with van der Waals surface area (Å²) in [6, 6.07) is -2.20. The van der Waals surface area contributed by atoms with E-state index in [2.05, 4.69) is 15.3 Å². The molecule has 1 rings (SSSR count). The topological polar surface area (TPSA) is 113 Å². The van der Waals surface area contributed by atoms with E-state index in [1.165, 1.54) is 0 Å². The number of amides is 1. The Morgan fingerprint density at radius 3 is 2.57 bits per heavy atom. The van der Waals surface area contributed by atoms with Crippen LogP contribution >= 0.6 is 0 Å². The van der Waals surface area contributed by atoms with Gasteiger partial charge in [-0.1, -0.05) is 5.11 Å². The first-order chi connectivity index (χ1) is 10.7. The first-order valence-corrected chi connectivity index (χ1v) is 7.54. The van der Waals surface area contributed by atoms with Crippen molar-refractivity contribution in [2.75, 3.05) is 6.61 Å². The molecule has 4 atom stereocenters. The molecule has 0 heterocycles. The van der Waals surface area contributed by atoms with E-state index in [1.54, 1.807) is 27.7 Å². The second-order valence-electron chi connectivity index (χ2n) is 6.32. The number of nitrogens with zero attached hydrogens (tertiary/aromatic N) is 3. The van der Waals surface area contributed by atoms with E-state index in [0.29, 0.717) is 0 Å². The van der Waals surface area contributed by atoms with Crippen molar-refractivity contribution in [3.8, 4) is 0 Å². The lowest BCUT2D eigenvalue weighted by Crippen LogP contribution is -2.56. The summed E-state index contributed by atoms with van der Waals surface area (Å²) in [7, 11) is 0. The molecule has 0 spiro atoms. The molecule has 0 bridgehead atoms. The quantitative estimate of drug-likeness (QED) is 0.369. The van der Waals surface area contributed by atoms with Crippen molar-refractivity contribution in [3.63, 3.8) is 0 Å². The molecule has 0 saturated heterocycles. The summed E-state index contributed by atoms with van der Waals surface area (Å²) < 4.78 is 24.2. The van der Waals surface area contributed by atoms with E-state index in [0.717, 1.165) is 0 Å². The molecule has 0 aromatic heterocycles. The van der Waals surface area contributed by atoms with Crippen molar-refractivity contribution in [2.24, 2.45) is 11.0 Å². The predicted octanol–water partition coefficient (Wildman–Crippen LogP) is 2.87. The molecule has 23 heavy (non-hydrogen) atoms. The third kappa shape index (κ3) is 5.59. The van der Waals surface area contributed by atoms with Gasteiger partial charge in [0.05, 0.1) is 24.6 Å². The number of carbonyl (C=O) groups is 2. The van der Waals surface area contributed by atoms with Crippen molar-refractivity contribution in [1.29, 1.82) is 0 Å². The molecule has 1 N–H and O–H groups in total. The van der Waals surface area contributed by atoms with Gasteiger partial charge in [-0.15, -0.1) is 0 Å². The third-order valence-corrected chi connectivity index (χ3v) is 3.38. The van der Waals surface area contributed by atoms with Crippen LogP contribution in [0.25, 0.3) is 10.4 Å². The maximum Gasteiger partial charge on any atom is 0.407 e. The molecule has 0 aliphatic heterocycles. The van der Waals surface area contributed by atoms with Crippen LogP contribution in [0.15, 0.2) is 5.11 Å². The molecule has 0 radical (unpaired) electrons.